The molecule has 0 amide bonds. The molecule has 1 fully saturated rings. The minimum absolute atomic E-state index is 0.0207. The average molecular weight is 465 g/mol. The summed E-state index contributed by atoms with van der Waals surface area (Å²) in [5, 5.41) is 4.80. The van der Waals surface area contributed by atoms with Crippen molar-refractivity contribution in [3.8, 4) is 11.1 Å². The summed E-state index contributed by atoms with van der Waals surface area (Å²) in [6.45, 7) is 0. The summed E-state index contributed by atoms with van der Waals surface area (Å²) in [6, 6.07) is 12.2. The Balaban J connectivity index is 1.58. The Kier molecular flexibility index (Phi) is 5.36. The molecule has 9 heteroatoms. The minimum Gasteiger partial charge on any atom is -0.372 e. The van der Waals surface area contributed by atoms with Gasteiger partial charge in [0.2, 0.25) is 0 Å². The minimum atomic E-state index is -3.83. The molecule has 3 heterocycles. The molecule has 0 radical (unpaired) electrons. The number of hydrogen-bond donors (Lipinski definition) is 1. The van der Waals surface area contributed by atoms with Crippen LogP contribution >= 0.6 is 0 Å². The van der Waals surface area contributed by atoms with E-state index >= 15 is 0 Å². The van der Waals surface area contributed by atoms with E-state index < -0.39 is 10.0 Å². The van der Waals surface area contributed by atoms with Gasteiger partial charge in [-0.3, -0.25) is 9.40 Å². The van der Waals surface area contributed by atoms with Gasteiger partial charge in [-0.15, -0.1) is 0 Å². The van der Waals surface area contributed by atoms with E-state index in [0.29, 0.717) is 17.4 Å². The summed E-state index contributed by atoms with van der Waals surface area (Å²) in [5.74, 6) is 0. The Hall–Kier alpha value is -3.33. The van der Waals surface area contributed by atoms with E-state index in [9.17, 15) is 8.42 Å². The molecule has 1 saturated carbocycles. The van der Waals surface area contributed by atoms with Crippen molar-refractivity contribution in [2.75, 3.05) is 16.7 Å². The number of pyridine rings is 1. The Labute approximate surface area is 193 Å². The first kappa shape index (κ1) is 21.5. The van der Waals surface area contributed by atoms with E-state index in [2.05, 4.69) is 51.0 Å². The molecule has 3 aromatic heterocycles. The lowest BCUT2D eigenvalue weighted by Gasteiger charge is -2.27. The average Bonchev–Trinajstić information content (AvgIpc) is 3.55. The fourth-order valence-electron chi connectivity index (χ4n) is 4.74. The topological polar surface area (TPSA) is 85.0 Å². The highest BCUT2D eigenvalue weighted by Gasteiger charge is 2.23. The van der Waals surface area contributed by atoms with Crippen LogP contribution in [-0.2, 0) is 24.1 Å². The summed E-state index contributed by atoms with van der Waals surface area (Å²) in [5.41, 5.74) is 4.31. The van der Waals surface area contributed by atoms with Crippen molar-refractivity contribution in [2.45, 2.75) is 36.8 Å². The molecular formula is C24H28N6O2S. The molecule has 0 bridgehead atoms. The van der Waals surface area contributed by atoms with Crippen LogP contribution < -0.4 is 9.62 Å². The van der Waals surface area contributed by atoms with Gasteiger partial charge in [0.25, 0.3) is 10.0 Å². The molecule has 8 nitrogen and oxygen atoms in total. The van der Waals surface area contributed by atoms with Gasteiger partial charge in [0.15, 0.2) is 5.03 Å². The number of nitrogens with zero attached hydrogens (tertiary/aromatic N) is 5. The largest absolute Gasteiger partial charge is 0.372 e. The quantitative estimate of drug-likeness (QED) is 0.463. The lowest BCUT2D eigenvalue weighted by Crippen LogP contribution is -2.28. The monoisotopic (exact) mass is 464 g/mol. The number of aromatic nitrogens is 4. The first-order valence-corrected chi connectivity index (χ1v) is 12.6. The second-order valence-corrected chi connectivity index (χ2v) is 10.4. The van der Waals surface area contributed by atoms with Gasteiger partial charge in [-0.1, -0.05) is 25.0 Å². The molecule has 1 aliphatic carbocycles. The lowest BCUT2D eigenvalue weighted by molar-refractivity contribution is 0.593. The van der Waals surface area contributed by atoms with Gasteiger partial charge in [-0.2, -0.15) is 13.5 Å². The summed E-state index contributed by atoms with van der Waals surface area (Å²) < 4.78 is 32.1. The molecule has 0 spiro atoms. The highest BCUT2D eigenvalue weighted by atomic mass is 32.2. The van der Waals surface area contributed by atoms with Crippen molar-refractivity contribution >= 4 is 32.4 Å². The summed E-state index contributed by atoms with van der Waals surface area (Å²) >= 11 is 0. The van der Waals surface area contributed by atoms with Crippen molar-refractivity contribution in [3.05, 3.63) is 55.0 Å². The molecule has 172 valence electrons. The number of hydrogen-bond acceptors (Lipinski definition) is 5. The molecule has 1 aliphatic rings. The molecule has 1 aromatic carbocycles. The Morgan fingerprint density at radius 2 is 1.91 bits per heavy atom. The van der Waals surface area contributed by atoms with E-state index in [0.717, 1.165) is 22.2 Å². The molecule has 1 N–H and O–H groups in total. The Bertz CT molecular complexity index is 1420. The van der Waals surface area contributed by atoms with Gasteiger partial charge in [0, 0.05) is 57.0 Å². The van der Waals surface area contributed by atoms with Crippen LogP contribution in [0.2, 0.25) is 0 Å². The fraction of sp³-hybridized carbons (Fsp3) is 0.333. The van der Waals surface area contributed by atoms with Gasteiger partial charge in [-0.05, 0) is 42.7 Å². The summed E-state index contributed by atoms with van der Waals surface area (Å²) in [7, 11) is 1.94. The maximum absolute atomic E-state index is 13.0. The molecular weight excluding hydrogens is 436 g/mol. The van der Waals surface area contributed by atoms with E-state index in [1.165, 1.54) is 36.4 Å². The molecule has 0 atom stereocenters. The zero-order valence-corrected chi connectivity index (χ0v) is 19.9. The fourth-order valence-corrected chi connectivity index (χ4v) is 5.78. The Morgan fingerprint density at radius 3 is 2.64 bits per heavy atom. The van der Waals surface area contributed by atoms with Crippen LogP contribution in [0.5, 0.6) is 0 Å². The van der Waals surface area contributed by atoms with Crippen molar-refractivity contribution in [2.24, 2.45) is 14.1 Å². The van der Waals surface area contributed by atoms with Crippen LogP contribution in [0, 0.1) is 0 Å². The van der Waals surface area contributed by atoms with E-state index in [1.807, 2.05) is 17.8 Å². The van der Waals surface area contributed by atoms with E-state index in [-0.39, 0.29) is 5.03 Å². The van der Waals surface area contributed by atoms with Gasteiger partial charge < -0.3 is 9.47 Å². The van der Waals surface area contributed by atoms with Crippen LogP contribution in [0.15, 0.2) is 60.0 Å². The normalized spacial score (nSPS) is 14.8. The summed E-state index contributed by atoms with van der Waals surface area (Å²) in [4.78, 5) is 6.88. The van der Waals surface area contributed by atoms with Gasteiger partial charge in [0.1, 0.15) is 5.65 Å². The molecule has 33 heavy (non-hydrogen) atoms. The van der Waals surface area contributed by atoms with Crippen molar-refractivity contribution in [1.82, 2.24) is 19.3 Å². The van der Waals surface area contributed by atoms with E-state index in [4.69, 9.17) is 0 Å². The first-order valence-electron chi connectivity index (χ1n) is 11.1. The third-order valence-corrected chi connectivity index (χ3v) is 7.76. The van der Waals surface area contributed by atoms with Crippen LogP contribution in [0.3, 0.4) is 0 Å². The SMILES string of the molecule is CN(c1cccc(-c2cn(C)c3nccc(NS(=O)(=O)c4ccn(C)n4)c23)c1)C1CCCC1. The number of aryl methyl sites for hydroxylation is 2. The summed E-state index contributed by atoms with van der Waals surface area (Å²) in [6.07, 6.45) is 10.2. The standard InChI is InChI=1S/C24H28N6O2S/c1-28-16-20(17-7-6-10-19(15-17)30(3)18-8-4-5-9-18)23-21(11-13-25-24(23)28)27-33(31,32)22-12-14-29(2)26-22/h6-7,10-16,18H,4-5,8-9H2,1-3H3,(H,25,27). The number of sulfonamides is 1. The number of anilines is 2. The van der Waals surface area contributed by atoms with Crippen LogP contribution in [0.25, 0.3) is 22.2 Å². The van der Waals surface area contributed by atoms with Gasteiger partial charge in [0.05, 0.1) is 11.1 Å². The van der Waals surface area contributed by atoms with Crippen molar-refractivity contribution in [1.29, 1.82) is 0 Å². The van der Waals surface area contributed by atoms with Crippen LogP contribution in [0.4, 0.5) is 11.4 Å². The van der Waals surface area contributed by atoms with Gasteiger partial charge >= 0.3 is 0 Å². The second kappa shape index (κ2) is 8.22. The van der Waals surface area contributed by atoms with E-state index in [1.54, 1.807) is 25.5 Å². The molecule has 0 saturated heterocycles. The lowest BCUT2D eigenvalue weighted by atomic mass is 10.0. The number of benzene rings is 1. The third kappa shape index (κ3) is 3.97. The molecule has 0 aliphatic heterocycles. The Morgan fingerprint density at radius 1 is 1.12 bits per heavy atom. The zero-order chi connectivity index (χ0) is 23.2. The first-order chi connectivity index (χ1) is 15.8. The molecule has 5 rings (SSSR count). The third-order valence-electron chi connectivity index (χ3n) is 6.50. The smallest absolute Gasteiger partial charge is 0.281 e. The van der Waals surface area contributed by atoms with Crippen molar-refractivity contribution in [3.63, 3.8) is 0 Å². The predicted octanol–water partition coefficient (Wildman–Crippen LogP) is 4.15. The van der Waals surface area contributed by atoms with Crippen LogP contribution in [-0.4, -0.2) is 40.8 Å². The molecule has 0 unspecified atom stereocenters. The van der Waals surface area contributed by atoms with Crippen LogP contribution in [0.1, 0.15) is 25.7 Å². The zero-order valence-electron chi connectivity index (χ0n) is 19.1. The highest BCUT2D eigenvalue weighted by Crippen LogP contribution is 2.37. The molecule has 4 aromatic rings. The number of rotatable bonds is 6. The number of nitrogens with one attached hydrogen (secondary N) is 1. The highest BCUT2D eigenvalue weighted by molar-refractivity contribution is 7.92. The second-order valence-electron chi connectivity index (χ2n) is 8.74. The maximum atomic E-state index is 13.0. The number of fused-ring (bicyclic) bond motifs is 1. The maximum Gasteiger partial charge on any atom is 0.281 e. The van der Waals surface area contributed by atoms with Gasteiger partial charge in [-0.25, -0.2) is 4.98 Å². The predicted molar refractivity (Wildman–Crippen MR) is 131 cm³/mol. The van der Waals surface area contributed by atoms with Crippen molar-refractivity contribution < 1.29 is 8.42 Å².